The molecule has 7 heteroatoms. The van der Waals surface area contributed by atoms with E-state index >= 15 is 0 Å². The van der Waals surface area contributed by atoms with Gasteiger partial charge in [0.25, 0.3) is 0 Å². The summed E-state index contributed by atoms with van der Waals surface area (Å²) in [5, 5.41) is 15.5. The third-order valence-corrected chi connectivity index (χ3v) is 5.66. The van der Waals surface area contributed by atoms with E-state index in [-0.39, 0.29) is 12.0 Å². The second kappa shape index (κ2) is 8.06. The van der Waals surface area contributed by atoms with E-state index in [1.807, 2.05) is 5.38 Å². The highest BCUT2D eigenvalue weighted by Crippen LogP contribution is 2.27. The fourth-order valence-corrected chi connectivity index (χ4v) is 4.17. The van der Waals surface area contributed by atoms with Crippen LogP contribution in [0.3, 0.4) is 0 Å². The van der Waals surface area contributed by atoms with Crippen LogP contribution in [0.1, 0.15) is 49.6 Å². The molecular weight excluding hydrogens is 324 g/mol. The molecule has 0 unspecified atom stereocenters. The van der Waals surface area contributed by atoms with Crippen LogP contribution in [0, 0.1) is 11.3 Å². The fourth-order valence-electron chi connectivity index (χ4n) is 3.50. The molecule has 2 fully saturated rings. The first-order valence-corrected chi connectivity index (χ1v) is 9.54. The minimum Gasteiger partial charge on any atom is -0.368 e. The summed E-state index contributed by atoms with van der Waals surface area (Å²) in [6.45, 7) is 2.31. The van der Waals surface area contributed by atoms with Crippen molar-refractivity contribution in [2.45, 2.75) is 50.2 Å². The SMILES string of the molecule is N#CC1(NC(=O)CN2CCO[C@@H](c3nccs3)C2)CCCCCC1. The van der Waals surface area contributed by atoms with Crippen LogP contribution in [0.5, 0.6) is 0 Å². The van der Waals surface area contributed by atoms with E-state index in [1.165, 1.54) is 0 Å². The molecule has 1 aromatic rings. The lowest BCUT2D eigenvalue weighted by molar-refractivity contribution is -0.125. The second-order valence-corrected chi connectivity index (χ2v) is 7.55. The number of aromatic nitrogens is 1. The maximum absolute atomic E-state index is 12.5. The number of amides is 1. The second-order valence-electron chi connectivity index (χ2n) is 6.62. The highest BCUT2D eigenvalue weighted by atomic mass is 32.1. The molecule has 0 spiro atoms. The van der Waals surface area contributed by atoms with E-state index in [0.717, 1.165) is 50.1 Å². The minimum absolute atomic E-state index is 0.0572. The molecule has 3 rings (SSSR count). The van der Waals surface area contributed by atoms with Crippen LogP contribution >= 0.6 is 11.3 Å². The van der Waals surface area contributed by atoms with E-state index < -0.39 is 5.54 Å². The number of thiazole rings is 1. The van der Waals surface area contributed by atoms with Crippen LogP contribution in [0.25, 0.3) is 0 Å². The molecule has 0 bridgehead atoms. The Bertz CT molecular complexity index is 576. The molecule has 1 aliphatic heterocycles. The first-order chi connectivity index (χ1) is 11.7. The van der Waals surface area contributed by atoms with Crippen molar-refractivity contribution in [3.8, 4) is 6.07 Å². The van der Waals surface area contributed by atoms with Crippen molar-refractivity contribution < 1.29 is 9.53 Å². The number of morpholine rings is 1. The summed E-state index contributed by atoms with van der Waals surface area (Å²) >= 11 is 1.58. The standard InChI is InChI=1S/C17H24N4O2S/c18-13-17(5-3-1-2-4-6-17)20-15(22)12-21-8-9-23-14(11-21)16-19-7-10-24-16/h7,10,14H,1-6,8-9,11-12H2,(H,20,22)/t14-/m1/s1. The molecule has 1 aliphatic carbocycles. The van der Waals surface area contributed by atoms with E-state index in [0.29, 0.717) is 19.7 Å². The lowest BCUT2D eigenvalue weighted by atomic mass is 9.92. The molecule has 0 radical (unpaired) electrons. The zero-order chi connectivity index (χ0) is 16.8. The van der Waals surface area contributed by atoms with E-state index in [1.54, 1.807) is 17.5 Å². The van der Waals surface area contributed by atoms with Crippen LogP contribution in [0.2, 0.25) is 0 Å². The Morgan fingerprint density at radius 2 is 2.25 bits per heavy atom. The van der Waals surface area contributed by atoms with Crippen molar-refractivity contribution in [1.29, 1.82) is 5.26 Å². The predicted molar refractivity (Wildman–Crippen MR) is 91.4 cm³/mol. The quantitative estimate of drug-likeness (QED) is 0.845. The summed E-state index contributed by atoms with van der Waals surface area (Å²) < 4.78 is 5.76. The Labute approximate surface area is 146 Å². The molecule has 24 heavy (non-hydrogen) atoms. The molecule has 1 saturated heterocycles. The highest BCUT2D eigenvalue weighted by molar-refractivity contribution is 7.09. The molecule has 1 aromatic heterocycles. The first-order valence-electron chi connectivity index (χ1n) is 8.66. The predicted octanol–water partition coefficient (Wildman–Crippen LogP) is 2.25. The molecule has 6 nitrogen and oxygen atoms in total. The average molecular weight is 348 g/mol. The summed E-state index contributed by atoms with van der Waals surface area (Å²) in [6.07, 6.45) is 7.57. The van der Waals surface area contributed by atoms with Gasteiger partial charge in [-0.25, -0.2) is 4.98 Å². The zero-order valence-corrected chi connectivity index (χ0v) is 14.7. The Hall–Kier alpha value is -1.49. The third-order valence-electron chi connectivity index (χ3n) is 4.79. The Balaban J connectivity index is 1.55. The van der Waals surface area contributed by atoms with Crippen molar-refractivity contribution >= 4 is 17.2 Å². The number of ether oxygens (including phenoxy) is 1. The molecule has 130 valence electrons. The van der Waals surface area contributed by atoms with Gasteiger partial charge in [-0.05, 0) is 12.8 Å². The number of nitrogens with one attached hydrogen (secondary N) is 1. The average Bonchev–Trinajstić information content (AvgIpc) is 3.03. The zero-order valence-electron chi connectivity index (χ0n) is 13.9. The summed E-state index contributed by atoms with van der Waals surface area (Å²) in [5.74, 6) is -0.0572. The van der Waals surface area contributed by atoms with Gasteiger partial charge in [0.15, 0.2) is 0 Å². The normalized spacial score (nSPS) is 24.7. The summed E-state index contributed by atoms with van der Waals surface area (Å²) in [7, 11) is 0. The van der Waals surface area contributed by atoms with Crippen LogP contribution in [0.15, 0.2) is 11.6 Å². The van der Waals surface area contributed by atoms with Gasteiger partial charge in [0.05, 0.1) is 19.2 Å². The van der Waals surface area contributed by atoms with E-state index in [4.69, 9.17) is 4.74 Å². The molecule has 1 saturated carbocycles. The lowest BCUT2D eigenvalue weighted by Gasteiger charge is -2.33. The minimum atomic E-state index is -0.672. The molecule has 1 atom stereocenters. The van der Waals surface area contributed by atoms with Gasteiger partial charge in [-0.1, -0.05) is 25.7 Å². The number of rotatable bonds is 4. The number of nitrogens with zero attached hydrogens (tertiary/aromatic N) is 3. The van der Waals surface area contributed by atoms with Crippen molar-refractivity contribution in [2.75, 3.05) is 26.2 Å². The summed E-state index contributed by atoms with van der Waals surface area (Å²) in [5.41, 5.74) is -0.672. The van der Waals surface area contributed by atoms with E-state index in [9.17, 15) is 10.1 Å². The molecule has 2 heterocycles. The Morgan fingerprint density at radius 1 is 1.46 bits per heavy atom. The monoisotopic (exact) mass is 348 g/mol. The van der Waals surface area contributed by atoms with Gasteiger partial charge in [-0.3, -0.25) is 9.69 Å². The van der Waals surface area contributed by atoms with Gasteiger partial charge in [-0.2, -0.15) is 5.26 Å². The van der Waals surface area contributed by atoms with Crippen molar-refractivity contribution in [3.63, 3.8) is 0 Å². The molecule has 1 amide bonds. The Kier molecular flexibility index (Phi) is 5.82. The first kappa shape index (κ1) is 17.3. The summed E-state index contributed by atoms with van der Waals surface area (Å²) in [6, 6.07) is 2.37. The van der Waals surface area contributed by atoms with Crippen LogP contribution in [0.4, 0.5) is 0 Å². The molecule has 0 aromatic carbocycles. The third kappa shape index (κ3) is 4.32. The largest absolute Gasteiger partial charge is 0.368 e. The van der Waals surface area contributed by atoms with Gasteiger partial charge in [0.2, 0.25) is 5.91 Å². The number of carbonyl (C=O) groups is 1. The smallest absolute Gasteiger partial charge is 0.235 e. The van der Waals surface area contributed by atoms with Crippen LogP contribution < -0.4 is 5.32 Å². The van der Waals surface area contributed by atoms with Crippen molar-refractivity contribution in [3.05, 3.63) is 16.6 Å². The highest BCUT2D eigenvalue weighted by Gasteiger charge is 2.33. The Morgan fingerprint density at radius 3 is 2.92 bits per heavy atom. The number of hydrogen-bond acceptors (Lipinski definition) is 6. The van der Waals surface area contributed by atoms with Crippen molar-refractivity contribution in [2.24, 2.45) is 0 Å². The molecular formula is C17H24N4O2S. The van der Waals surface area contributed by atoms with Crippen LogP contribution in [-0.2, 0) is 9.53 Å². The maximum Gasteiger partial charge on any atom is 0.235 e. The van der Waals surface area contributed by atoms with Gasteiger partial charge >= 0.3 is 0 Å². The topological polar surface area (TPSA) is 78.2 Å². The van der Waals surface area contributed by atoms with Gasteiger partial charge in [-0.15, -0.1) is 11.3 Å². The fraction of sp³-hybridized carbons (Fsp3) is 0.706. The maximum atomic E-state index is 12.5. The molecule has 2 aliphatic rings. The van der Waals surface area contributed by atoms with E-state index in [2.05, 4.69) is 21.3 Å². The van der Waals surface area contributed by atoms with Crippen molar-refractivity contribution in [1.82, 2.24) is 15.2 Å². The number of carbonyl (C=O) groups excluding carboxylic acids is 1. The number of nitriles is 1. The molecule has 1 N–H and O–H groups in total. The van der Waals surface area contributed by atoms with Gasteiger partial charge in [0.1, 0.15) is 16.7 Å². The van der Waals surface area contributed by atoms with Crippen LogP contribution in [-0.4, -0.2) is 47.6 Å². The van der Waals surface area contributed by atoms with Gasteiger partial charge in [0, 0.05) is 24.7 Å². The number of hydrogen-bond donors (Lipinski definition) is 1. The summed E-state index contributed by atoms with van der Waals surface area (Å²) in [4.78, 5) is 18.9. The lowest BCUT2D eigenvalue weighted by Crippen LogP contribution is -2.52. The van der Waals surface area contributed by atoms with Gasteiger partial charge < -0.3 is 10.1 Å².